The van der Waals surface area contributed by atoms with Gasteiger partial charge >= 0.3 is 0 Å². The van der Waals surface area contributed by atoms with E-state index in [1.807, 2.05) is 25.1 Å². The number of anilines is 1. The first-order valence-electron chi connectivity index (χ1n) is 5.46. The number of thiazole rings is 1. The molecule has 2 heterocycles. The fourth-order valence-electron chi connectivity index (χ4n) is 2.00. The molecule has 0 saturated carbocycles. The van der Waals surface area contributed by atoms with Crippen LogP contribution in [0.5, 0.6) is 0 Å². The Balaban J connectivity index is 2.30. The van der Waals surface area contributed by atoms with Gasteiger partial charge in [0.25, 0.3) is 0 Å². The molecule has 2 aromatic heterocycles. The van der Waals surface area contributed by atoms with Crippen LogP contribution in [0, 0.1) is 13.8 Å². The second-order valence-electron chi connectivity index (χ2n) is 4.15. The quantitative estimate of drug-likeness (QED) is 0.667. The molecule has 3 aromatic rings. The van der Waals surface area contributed by atoms with Gasteiger partial charge in [0.1, 0.15) is 0 Å². The van der Waals surface area contributed by atoms with Gasteiger partial charge in [0, 0.05) is 22.3 Å². The number of nitrogen functional groups attached to an aromatic ring is 1. The zero-order valence-electron chi connectivity index (χ0n) is 9.77. The van der Waals surface area contributed by atoms with Crippen LogP contribution in [0.3, 0.4) is 0 Å². The summed E-state index contributed by atoms with van der Waals surface area (Å²) in [4.78, 5) is 5.57. The van der Waals surface area contributed by atoms with Crippen LogP contribution in [0.4, 0.5) is 5.69 Å². The second kappa shape index (κ2) is 3.60. The molecule has 0 unspecified atom stereocenters. The number of hydrogen-bond donors (Lipinski definition) is 1. The normalized spacial score (nSPS) is 11.2. The molecule has 0 aliphatic heterocycles. The number of aryl methyl sites for hydroxylation is 2. The van der Waals surface area contributed by atoms with E-state index < -0.39 is 0 Å². The SMILES string of the molecule is Cc1nc2scc(-c3cccc(N)c3)n2c1C. The number of hydrogen-bond acceptors (Lipinski definition) is 3. The Labute approximate surface area is 104 Å². The summed E-state index contributed by atoms with van der Waals surface area (Å²) in [6, 6.07) is 7.95. The maximum Gasteiger partial charge on any atom is 0.194 e. The first-order chi connectivity index (χ1) is 8.16. The molecule has 0 bridgehead atoms. The highest BCUT2D eigenvalue weighted by molar-refractivity contribution is 7.15. The molecule has 0 fully saturated rings. The summed E-state index contributed by atoms with van der Waals surface area (Å²) in [6.45, 7) is 4.13. The van der Waals surface area contributed by atoms with Gasteiger partial charge in [0.15, 0.2) is 4.96 Å². The zero-order chi connectivity index (χ0) is 12.0. The number of rotatable bonds is 1. The van der Waals surface area contributed by atoms with Crippen LogP contribution >= 0.6 is 11.3 Å². The average Bonchev–Trinajstić information content (AvgIpc) is 2.81. The zero-order valence-corrected chi connectivity index (χ0v) is 10.6. The first-order valence-corrected chi connectivity index (χ1v) is 6.34. The number of nitrogens with zero attached hydrogens (tertiary/aromatic N) is 2. The van der Waals surface area contributed by atoms with E-state index in [0.29, 0.717) is 0 Å². The van der Waals surface area contributed by atoms with Crippen LogP contribution in [0.2, 0.25) is 0 Å². The van der Waals surface area contributed by atoms with Crippen molar-refractivity contribution in [3.05, 3.63) is 41.0 Å². The van der Waals surface area contributed by atoms with E-state index in [2.05, 4.69) is 27.8 Å². The van der Waals surface area contributed by atoms with Crippen molar-refractivity contribution in [2.75, 3.05) is 5.73 Å². The number of aromatic nitrogens is 2. The number of fused-ring (bicyclic) bond motifs is 1. The Kier molecular flexibility index (Phi) is 2.19. The molecule has 4 heteroatoms. The van der Waals surface area contributed by atoms with Gasteiger partial charge in [-0.2, -0.15) is 0 Å². The lowest BCUT2D eigenvalue weighted by molar-refractivity contribution is 1.12. The molecule has 1 aromatic carbocycles. The van der Waals surface area contributed by atoms with E-state index in [1.54, 1.807) is 11.3 Å². The van der Waals surface area contributed by atoms with Crippen LogP contribution in [-0.2, 0) is 0 Å². The molecule has 0 aliphatic rings. The van der Waals surface area contributed by atoms with Gasteiger partial charge in [-0.1, -0.05) is 12.1 Å². The Morgan fingerprint density at radius 1 is 1.29 bits per heavy atom. The summed E-state index contributed by atoms with van der Waals surface area (Å²) in [6.07, 6.45) is 0. The van der Waals surface area contributed by atoms with E-state index >= 15 is 0 Å². The molecule has 0 radical (unpaired) electrons. The standard InChI is InChI=1S/C13H13N3S/c1-8-9(2)16-12(7-17-13(16)15-8)10-4-3-5-11(14)6-10/h3-7H,14H2,1-2H3. The van der Waals surface area contributed by atoms with Gasteiger partial charge in [0.2, 0.25) is 0 Å². The minimum Gasteiger partial charge on any atom is -0.399 e. The van der Waals surface area contributed by atoms with Crippen molar-refractivity contribution in [3.8, 4) is 11.3 Å². The van der Waals surface area contributed by atoms with Crippen LogP contribution < -0.4 is 5.73 Å². The minimum atomic E-state index is 0.788. The molecule has 0 saturated heterocycles. The molecular weight excluding hydrogens is 230 g/mol. The molecule has 0 aliphatic carbocycles. The molecule has 3 nitrogen and oxygen atoms in total. The van der Waals surface area contributed by atoms with E-state index in [-0.39, 0.29) is 0 Å². The Hall–Kier alpha value is -1.81. The molecule has 0 atom stereocenters. The van der Waals surface area contributed by atoms with Crippen molar-refractivity contribution in [1.29, 1.82) is 0 Å². The van der Waals surface area contributed by atoms with Crippen molar-refractivity contribution in [2.24, 2.45) is 0 Å². The topological polar surface area (TPSA) is 43.3 Å². The summed E-state index contributed by atoms with van der Waals surface area (Å²) in [5, 5.41) is 2.13. The maximum absolute atomic E-state index is 5.83. The molecule has 3 rings (SSSR count). The minimum absolute atomic E-state index is 0.788. The van der Waals surface area contributed by atoms with Crippen molar-refractivity contribution in [3.63, 3.8) is 0 Å². The fraction of sp³-hybridized carbons (Fsp3) is 0.154. The molecule has 0 spiro atoms. The predicted molar refractivity (Wildman–Crippen MR) is 72.4 cm³/mol. The summed E-state index contributed by atoms with van der Waals surface area (Å²) in [5.74, 6) is 0. The fourth-order valence-corrected chi connectivity index (χ4v) is 2.99. The van der Waals surface area contributed by atoms with Crippen LogP contribution in [0.25, 0.3) is 16.2 Å². The van der Waals surface area contributed by atoms with E-state index in [9.17, 15) is 0 Å². The van der Waals surface area contributed by atoms with Crippen LogP contribution in [0.1, 0.15) is 11.4 Å². The van der Waals surface area contributed by atoms with Crippen molar-refractivity contribution < 1.29 is 0 Å². The lowest BCUT2D eigenvalue weighted by atomic mass is 10.1. The van der Waals surface area contributed by atoms with Crippen molar-refractivity contribution in [2.45, 2.75) is 13.8 Å². The third-order valence-corrected chi connectivity index (χ3v) is 3.84. The van der Waals surface area contributed by atoms with Gasteiger partial charge in [0.05, 0.1) is 11.4 Å². The second-order valence-corrected chi connectivity index (χ2v) is 4.98. The maximum atomic E-state index is 5.83. The Bertz CT molecular complexity index is 694. The molecule has 86 valence electrons. The average molecular weight is 243 g/mol. The van der Waals surface area contributed by atoms with Crippen LogP contribution in [-0.4, -0.2) is 9.38 Å². The van der Waals surface area contributed by atoms with E-state index in [1.165, 1.54) is 5.69 Å². The van der Waals surface area contributed by atoms with Gasteiger partial charge in [-0.3, -0.25) is 4.40 Å². The van der Waals surface area contributed by atoms with Gasteiger partial charge in [-0.05, 0) is 26.0 Å². The highest BCUT2D eigenvalue weighted by Crippen LogP contribution is 2.29. The van der Waals surface area contributed by atoms with Crippen molar-refractivity contribution in [1.82, 2.24) is 9.38 Å². The summed E-state index contributed by atoms with van der Waals surface area (Å²) >= 11 is 1.66. The third kappa shape index (κ3) is 1.52. The van der Waals surface area contributed by atoms with Crippen molar-refractivity contribution >= 4 is 22.0 Å². The largest absolute Gasteiger partial charge is 0.399 e. The molecule has 0 amide bonds. The van der Waals surface area contributed by atoms with Gasteiger partial charge in [-0.15, -0.1) is 11.3 Å². The number of benzene rings is 1. The summed E-state index contributed by atoms with van der Waals surface area (Å²) in [5.41, 5.74) is 11.2. The molecular formula is C13H13N3S. The predicted octanol–water partition coefficient (Wildman–Crippen LogP) is 3.26. The molecule has 2 N–H and O–H groups in total. The van der Waals surface area contributed by atoms with E-state index in [4.69, 9.17) is 5.73 Å². The van der Waals surface area contributed by atoms with E-state index in [0.717, 1.165) is 27.6 Å². The highest BCUT2D eigenvalue weighted by Gasteiger charge is 2.11. The highest BCUT2D eigenvalue weighted by atomic mass is 32.1. The van der Waals surface area contributed by atoms with Gasteiger partial charge < -0.3 is 5.73 Å². The Morgan fingerprint density at radius 2 is 2.12 bits per heavy atom. The monoisotopic (exact) mass is 243 g/mol. The summed E-state index contributed by atoms with van der Waals surface area (Å²) < 4.78 is 2.19. The summed E-state index contributed by atoms with van der Waals surface area (Å²) in [7, 11) is 0. The number of nitrogens with two attached hydrogens (primary N) is 1. The molecule has 17 heavy (non-hydrogen) atoms. The number of imidazole rings is 1. The lowest BCUT2D eigenvalue weighted by Crippen LogP contribution is -1.90. The lowest BCUT2D eigenvalue weighted by Gasteiger charge is -2.03. The Morgan fingerprint density at radius 3 is 2.88 bits per heavy atom. The first kappa shape index (κ1) is 10.4. The third-order valence-electron chi connectivity index (χ3n) is 3.01. The smallest absolute Gasteiger partial charge is 0.194 e. The van der Waals surface area contributed by atoms with Gasteiger partial charge in [-0.25, -0.2) is 4.98 Å². The van der Waals surface area contributed by atoms with Crippen LogP contribution in [0.15, 0.2) is 29.6 Å².